The molecular formula is C9H16N2O3S. The number of aliphatic hydroxyl groups excluding tert-OH is 2. The lowest BCUT2D eigenvalue weighted by molar-refractivity contribution is 0.103. The maximum Gasteiger partial charge on any atom is 0.168 e. The van der Waals surface area contributed by atoms with E-state index in [0.29, 0.717) is 13.2 Å². The van der Waals surface area contributed by atoms with Crippen molar-refractivity contribution in [3.05, 3.63) is 11.9 Å². The summed E-state index contributed by atoms with van der Waals surface area (Å²) < 4.78 is 6.98. The zero-order chi connectivity index (χ0) is 11.1. The molecule has 0 bridgehead atoms. The molecule has 6 heteroatoms. The minimum absolute atomic E-state index is 0.00503. The summed E-state index contributed by atoms with van der Waals surface area (Å²) in [5, 5.41) is 18.3. The number of aromatic nitrogens is 2. The van der Waals surface area contributed by atoms with E-state index >= 15 is 0 Å². The Kier molecular flexibility index (Phi) is 5.70. The van der Waals surface area contributed by atoms with E-state index in [-0.39, 0.29) is 13.2 Å². The van der Waals surface area contributed by atoms with Crippen LogP contribution in [0.1, 0.15) is 5.69 Å². The van der Waals surface area contributed by atoms with Gasteiger partial charge in [-0.1, -0.05) is 11.8 Å². The molecule has 0 fully saturated rings. The van der Waals surface area contributed by atoms with Gasteiger partial charge in [0.1, 0.15) is 0 Å². The molecule has 0 aliphatic carbocycles. The Morgan fingerprint density at radius 3 is 2.87 bits per heavy atom. The fraction of sp³-hybridized carbons (Fsp3) is 0.667. The summed E-state index contributed by atoms with van der Waals surface area (Å²) in [7, 11) is 1.87. The number of imidazole rings is 1. The highest BCUT2D eigenvalue weighted by molar-refractivity contribution is 7.99. The molecule has 1 aromatic rings. The molecule has 0 atom stereocenters. The van der Waals surface area contributed by atoms with Crippen molar-refractivity contribution in [2.45, 2.75) is 11.8 Å². The molecule has 0 unspecified atom stereocenters. The number of ether oxygens (including phenoxy) is 1. The van der Waals surface area contributed by atoms with Crippen molar-refractivity contribution in [2.24, 2.45) is 7.05 Å². The van der Waals surface area contributed by atoms with Crippen LogP contribution < -0.4 is 0 Å². The Hall–Kier alpha value is -0.560. The third-order valence-electron chi connectivity index (χ3n) is 1.90. The topological polar surface area (TPSA) is 67.5 Å². The molecule has 0 radical (unpaired) electrons. The van der Waals surface area contributed by atoms with Gasteiger partial charge >= 0.3 is 0 Å². The molecule has 0 amide bonds. The van der Waals surface area contributed by atoms with Gasteiger partial charge in [-0.25, -0.2) is 4.98 Å². The maximum atomic E-state index is 8.95. The van der Waals surface area contributed by atoms with E-state index < -0.39 is 0 Å². The summed E-state index contributed by atoms with van der Waals surface area (Å²) in [5.74, 6) is 0.787. The molecule has 0 saturated heterocycles. The normalized spacial score (nSPS) is 10.9. The molecular weight excluding hydrogens is 216 g/mol. The van der Waals surface area contributed by atoms with Crippen molar-refractivity contribution < 1.29 is 14.9 Å². The summed E-state index contributed by atoms with van der Waals surface area (Å²) >= 11 is 1.57. The number of rotatable bonds is 7. The number of aliphatic hydroxyl groups is 2. The molecule has 1 heterocycles. The van der Waals surface area contributed by atoms with Crippen LogP contribution >= 0.6 is 11.8 Å². The smallest absolute Gasteiger partial charge is 0.168 e. The lowest BCUT2D eigenvalue weighted by Crippen LogP contribution is -2.03. The van der Waals surface area contributed by atoms with Gasteiger partial charge < -0.3 is 19.5 Å². The minimum Gasteiger partial charge on any atom is -0.394 e. The average molecular weight is 232 g/mol. The summed E-state index contributed by atoms with van der Waals surface area (Å²) in [5.41, 5.74) is 0.800. The van der Waals surface area contributed by atoms with Gasteiger partial charge in [0.25, 0.3) is 0 Å². The Morgan fingerprint density at radius 2 is 2.27 bits per heavy atom. The van der Waals surface area contributed by atoms with Crippen LogP contribution in [0.3, 0.4) is 0 Å². The molecule has 0 saturated carbocycles. The van der Waals surface area contributed by atoms with E-state index in [1.54, 1.807) is 18.0 Å². The fourth-order valence-electron chi connectivity index (χ4n) is 1.07. The second kappa shape index (κ2) is 6.84. The van der Waals surface area contributed by atoms with E-state index in [2.05, 4.69) is 4.98 Å². The molecule has 15 heavy (non-hydrogen) atoms. The van der Waals surface area contributed by atoms with Crippen LogP contribution in [-0.2, 0) is 18.4 Å². The van der Waals surface area contributed by atoms with Crippen LogP contribution in [0.4, 0.5) is 0 Å². The summed E-state index contributed by atoms with van der Waals surface area (Å²) in [4.78, 5) is 4.17. The van der Waals surface area contributed by atoms with Crippen LogP contribution in [0.25, 0.3) is 0 Å². The number of nitrogens with zero attached hydrogens (tertiary/aromatic N) is 2. The van der Waals surface area contributed by atoms with Crippen LogP contribution in [0.5, 0.6) is 0 Å². The van der Waals surface area contributed by atoms with Gasteiger partial charge in [-0.3, -0.25) is 0 Å². The Bertz CT molecular complexity index is 291. The lowest BCUT2D eigenvalue weighted by atomic mass is 10.5. The van der Waals surface area contributed by atoms with Gasteiger partial charge in [0, 0.05) is 12.8 Å². The van der Waals surface area contributed by atoms with Gasteiger partial charge in [0.2, 0.25) is 0 Å². The zero-order valence-corrected chi connectivity index (χ0v) is 9.53. The van der Waals surface area contributed by atoms with Crippen molar-refractivity contribution in [3.8, 4) is 0 Å². The Morgan fingerprint density at radius 1 is 1.47 bits per heavy atom. The molecule has 2 N–H and O–H groups in total. The van der Waals surface area contributed by atoms with Crippen molar-refractivity contribution in [3.63, 3.8) is 0 Å². The van der Waals surface area contributed by atoms with Gasteiger partial charge in [0.05, 0.1) is 38.3 Å². The average Bonchev–Trinajstić information content (AvgIpc) is 2.60. The van der Waals surface area contributed by atoms with Crippen molar-refractivity contribution >= 4 is 11.8 Å². The van der Waals surface area contributed by atoms with E-state index in [0.717, 1.165) is 16.6 Å². The highest BCUT2D eigenvalue weighted by Crippen LogP contribution is 2.16. The predicted octanol–water partition coefficient (Wildman–Crippen LogP) is 0.0134. The van der Waals surface area contributed by atoms with Gasteiger partial charge in [0.15, 0.2) is 5.16 Å². The lowest BCUT2D eigenvalue weighted by Gasteiger charge is -2.04. The van der Waals surface area contributed by atoms with E-state index in [4.69, 9.17) is 14.9 Å². The molecule has 0 aliphatic rings. The van der Waals surface area contributed by atoms with Crippen LogP contribution in [0, 0.1) is 0 Å². The van der Waals surface area contributed by atoms with Crippen molar-refractivity contribution in [2.75, 3.05) is 25.6 Å². The first kappa shape index (κ1) is 12.5. The predicted molar refractivity (Wildman–Crippen MR) is 57.8 cm³/mol. The Labute approximate surface area is 93.1 Å². The van der Waals surface area contributed by atoms with Crippen LogP contribution in [0.2, 0.25) is 0 Å². The minimum atomic E-state index is 0.00503. The Balaban J connectivity index is 2.28. The molecule has 0 spiro atoms. The molecule has 1 aromatic heterocycles. The monoisotopic (exact) mass is 232 g/mol. The number of hydrogen-bond acceptors (Lipinski definition) is 5. The van der Waals surface area contributed by atoms with Gasteiger partial charge in [-0.05, 0) is 0 Å². The largest absolute Gasteiger partial charge is 0.394 e. The first-order valence-corrected chi connectivity index (χ1v) is 5.71. The second-order valence-corrected chi connectivity index (χ2v) is 4.00. The SMILES string of the molecule is Cn1c(CO)cnc1SCCOCCO. The van der Waals surface area contributed by atoms with Crippen LogP contribution in [0.15, 0.2) is 11.4 Å². The molecule has 86 valence electrons. The van der Waals surface area contributed by atoms with Crippen LogP contribution in [-0.4, -0.2) is 45.3 Å². The number of thioether (sulfide) groups is 1. The van der Waals surface area contributed by atoms with Gasteiger partial charge in [-0.15, -0.1) is 0 Å². The molecule has 0 aliphatic heterocycles. The van der Waals surface area contributed by atoms with Crippen molar-refractivity contribution in [1.82, 2.24) is 9.55 Å². The van der Waals surface area contributed by atoms with Gasteiger partial charge in [-0.2, -0.15) is 0 Å². The highest BCUT2D eigenvalue weighted by atomic mass is 32.2. The molecule has 5 nitrogen and oxygen atoms in total. The third kappa shape index (κ3) is 3.83. The second-order valence-electron chi connectivity index (χ2n) is 2.93. The zero-order valence-electron chi connectivity index (χ0n) is 8.72. The summed E-state index contributed by atoms with van der Waals surface area (Å²) in [6, 6.07) is 0. The number of hydrogen-bond donors (Lipinski definition) is 2. The van der Waals surface area contributed by atoms with E-state index in [1.807, 2.05) is 11.6 Å². The summed E-state index contributed by atoms with van der Waals surface area (Å²) in [6.07, 6.45) is 1.66. The highest BCUT2D eigenvalue weighted by Gasteiger charge is 2.05. The van der Waals surface area contributed by atoms with Crippen molar-refractivity contribution in [1.29, 1.82) is 0 Å². The molecule has 0 aromatic carbocycles. The standard InChI is InChI=1S/C9H16N2O3S/c1-11-8(7-13)6-10-9(11)15-5-4-14-3-2-12/h6,12-13H,2-5,7H2,1H3. The van der Waals surface area contributed by atoms with E-state index in [1.165, 1.54) is 0 Å². The quantitative estimate of drug-likeness (QED) is 0.512. The first-order valence-electron chi connectivity index (χ1n) is 4.72. The first-order chi connectivity index (χ1) is 7.29. The maximum absolute atomic E-state index is 8.95. The van der Waals surface area contributed by atoms with E-state index in [9.17, 15) is 0 Å². The third-order valence-corrected chi connectivity index (χ3v) is 2.91. The summed E-state index contributed by atoms with van der Waals surface area (Å²) in [6.45, 7) is 1.03. The molecule has 1 rings (SSSR count). The fourth-order valence-corrected chi connectivity index (χ4v) is 1.89.